The number of carbonyl (C=O) groups excluding carboxylic acids is 1. The second-order valence-electron chi connectivity index (χ2n) is 5.07. The zero-order valence-corrected chi connectivity index (χ0v) is 11.8. The number of β-lactam (4-membered cyclic amide) rings is 1. The summed E-state index contributed by atoms with van der Waals surface area (Å²) in [4.78, 5) is 13.8. The average Bonchev–Trinajstić information content (AvgIpc) is 2.43. The maximum Gasteiger partial charge on any atom is 0.247 e. The van der Waals surface area contributed by atoms with Gasteiger partial charge in [0.2, 0.25) is 5.91 Å². The Morgan fingerprint density at radius 3 is 2.60 bits per heavy atom. The number of nitrogens with zero attached hydrogens (tertiary/aromatic N) is 1. The molecule has 20 heavy (non-hydrogen) atoms. The maximum absolute atomic E-state index is 12.1. The first-order valence-corrected chi connectivity index (χ1v) is 6.86. The summed E-state index contributed by atoms with van der Waals surface area (Å²) in [5.41, 5.74) is 8.93. The molecule has 3 rings (SSSR count). The monoisotopic (exact) mass is 286 g/mol. The third kappa shape index (κ3) is 2.09. The van der Waals surface area contributed by atoms with Crippen LogP contribution in [-0.2, 0) is 4.79 Å². The molecular formula is C16H15ClN2O. The zero-order chi connectivity index (χ0) is 14.3. The van der Waals surface area contributed by atoms with Gasteiger partial charge in [0.15, 0.2) is 0 Å². The summed E-state index contributed by atoms with van der Waals surface area (Å²) >= 11 is 6.03. The minimum Gasteiger partial charge on any atom is -0.318 e. The highest BCUT2D eigenvalue weighted by atomic mass is 35.5. The number of hydrogen-bond acceptors (Lipinski definition) is 2. The molecule has 1 fully saturated rings. The van der Waals surface area contributed by atoms with Crippen molar-refractivity contribution in [3.05, 3.63) is 64.7 Å². The van der Waals surface area contributed by atoms with E-state index in [0.29, 0.717) is 5.02 Å². The summed E-state index contributed by atoms with van der Waals surface area (Å²) in [7, 11) is 0. The van der Waals surface area contributed by atoms with E-state index in [4.69, 9.17) is 17.3 Å². The number of rotatable bonds is 2. The van der Waals surface area contributed by atoms with E-state index in [9.17, 15) is 4.79 Å². The molecule has 0 aliphatic carbocycles. The van der Waals surface area contributed by atoms with Gasteiger partial charge < -0.3 is 10.6 Å². The lowest BCUT2D eigenvalue weighted by Gasteiger charge is -2.45. The van der Waals surface area contributed by atoms with Crippen LogP contribution in [-0.4, -0.2) is 11.9 Å². The number of anilines is 1. The summed E-state index contributed by atoms with van der Waals surface area (Å²) < 4.78 is 0. The minimum absolute atomic E-state index is 0.0550. The second-order valence-corrected chi connectivity index (χ2v) is 5.51. The van der Waals surface area contributed by atoms with Crippen LogP contribution in [0.3, 0.4) is 0 Å². The van der Waals surface area contributed by atoms with Gasteiger partial charge in [0.1, 0.15) is 6.04 Å². The number of amides is 1. The summed E-state index contributed by atoms with van der Waals surface area (Å²) in [5.74, 6) is -0.0550. The molecule has 0 bridgehead atoms. The van der Waals surface area contributed by atoms with Crippen LogP contribution < -0.4 is 10.6 Å². The molecule has 0 spiro atoms. The van der Waals surface area contributed by atoms with E-state index in [1.165, 1.54) is 0 Å². The molecule has 0 radical (unpaired) electrons. The number of nitrogens with two attached hydrogens (primary N) is 1. The van der Waals surface area contributed by atoms with Crippen molar-refractivity contribution in [2.45, 2.75) is 19.0 Å². The lowest BCUT2D eigenvalue weighted by molar-refractivity contribution is -0.126. The van der Waals surface area contributed by atoms with Gasteiger partial charge in [-0.25, -0.2) is 0 Å². The Balaban J connectivity index is 2.00. The lowest BCUT2D eigenvalue weighted by Crippen LogP contribution is -2.63. The van der Waals surface area contributed by atoms with Crippen LogP contribution in [0.25, 0.3) is 0 Å². The molecule has 2 N–H and O–H groups in total. The average molecular weight is 287 g/mol. The summed E-state index contributed by atoms with van der Waals surface area (Å²) in [6.45, 7) is 2.00. The third-order valence-electron chi connectivity index (χ3n) is 3.61. The summed E-state index contributed by atoms with van der Waals surface area (Å²) in [6.07, 6.45) is 0. The first-order chi connectivity index (χ1) is 9.58. The molecule has 3 nitrogen and oxygen atoms in total. The smallest absolute Gasteiger partial charge is 0.247 e. The molecule has 102 valence electrons. The Kier molecular flexibility index (Phi) is 3.24. The molecule has 0 saturated carbocycles. The molecule has 1 saturated heterocycles. The van der Waals surface area contributed by atoms with Gasteiger partial charge in [0.25, 0.3) is 0 Å². The zero-order valence-electron chi connectivity index (χ0n) is 11.1. The Bertz CT molecular complexity index is 671. The molecule has 2 atom stereocenters. The van der Waals surface area contributed by atoms with Gasteiger partial charge in [-0.3, -0.25) is 4.79 Å². The van der Waals surface area contributed by atoms with E-state index < -0.39 is 6.04 Å². The summed E-state index contributed by atoms with van der Waals surface area (Å²) in [5, 5.41) is 0.651. The standard InChI is InChI=1S/C16H15ClN2O/c1-10-4-2-7-13(8-10)19-15(14(18)16(19)20)11-5-3-6-12(17)9-11/h2-9,14-15H,18H2,1H3/t14-,15-/m0/s1. The van der Waals surface area contributed by atoms with Crippen LogP contribution >= 0.6 is 11.6 Å². The molecule has 1 heterocycles. The van der Waals surface area contributed by atoms with Gasteiger partial charge in [-0.1, -0.05) is 35.9 Å². The van der Waals surface area contributed by atoms with Gasteiger partial charge in [-0.2, -0.15) is 0 Å². The van der Waals surface area contributed by atoms with Crippen molar-refractivity contribution in [1.82, 2.24) is 0 Å². The topological polar surface area (TPSA) is 46.3 Å². The van der Waals surface area contributed by atoms with Crippen LogP contribution in [0.4, 0.5) is 5.69 Å². The normalized spacial score (nSPS) is 21.8. The Hall–Kier alpha value is -1.84. The van der Waals surface area contributed by atoms with Crippen LogP contribution in [0.1, 0.15) is 17.2 Å². The van der Waals surface area contributed by atoms with E-state index in [2.05, 4.69) is 0 Å². The van der Waals surface area contributed by atoms with E-state index in [1.54, 1.807) is 4.90 Å². The quantitative estimate of drug-likeness (QED) is 0.863. The Labute approximate surface area is 123 Å². The van der Waals surface area contributed by atoms with Crippen molar-refractivity contribution >= 4 is 23.2 Å². The molecular weight excluding hydrogens is 272 g/mol. The predicted octanol–water partition coefficient (Wildman–Crippen LogP) is 3.06. The van der Waals surface area contributed by atoms with Crippen molar-refractivity contribution in [3.8, 4) is 0 Å². The van der Waals surface area contributed by atoms with Gasteiger partial charge in [-0.05, 0) is 42.3 Å². The molecule has 2 aromatic rings. The molecule has 1 amide bonds. The van der Waals surface area contributed by atoms with E-state index in [0.717, 1.165) is 16.8 Å². The minimum atomic E-state index is -0.506. The van der Waals surface area contributed by atoms with E-state index in [1.807, 2.05) is 55.5 Å². The number of halogens is 1. The van der Waals surface area contributed by atoms with Gasteiger partial charge >= 0.3 is 0 Å². The van der Waals surface area contributed by atoms with Crippen molar-refractivity contribution in [2.75, 3.05) is 4.90 Å². The second kappa shape index (κ2) is 4.93. The molecule has 4 heteroatoms. The highest BCUT2D eigenvalue weighted by Gasteiger charge is 2.46. The summed E-state index contributed by atoms with van der Waals surface area (Å²) in [6, 6.07) is 14.7. The first kappa shape index (κ1) is 13.2. The number of aryl methyl sites for hydroxylation is 1. The number of hydrogen-bond donors (Lipinski definition) is 1. The van der Waals surface area contributed by atoms with Crippen molar-refractivity contribution < 1.29 is 4.79 Å². The number of carbonyl (C=O) groups is 1. The van der Waals surface area contributed by atoms with E-state index in [-0.39, 0.29) is 11.9 Å². The van der Waals surface area contributed by atoms with Gasteiger partial charge in [0.05, 0.1) is 6.04 Å². The highest BCUT2D eigenvalue weighted by Crippen LogP contribution is 2.38. The molecule has 1 aliphatic heterocycles. The fraction of sp³-hybridized carbons (Fsp3) is 0.188. The first-order valence-electron chi connectivity index (χ1n) is 6.49. The molecule has 0 unspecified atom stereocenters. The van der Waals surface area contributed by atoms with Crippen LogP contribution in [0.15, 0.2) is 48.5 Å². The molecule has 0 aromatic heterocycles. The fourth-order valence-electron chi connectivity index (χ4n) is 2.62. The van der Waals surface area contributed by atoms with Gasteiger partial charge in [-0.15, -0.1) is 0 Å². The predicted molar refractivity (Wildman–Crippen MR) is 80.8 cm³/mol. The van der Waals surface area contributed by atoms with Crippen molar-refractivity contribution in [2.24, 2.45) is 5.73 Å². The largest absolute Gasteiger partial charge is 0.318 e. The molecule has 1 aliphatic rings. The Morgan fingerprint density at radius 2 is 1.90 bits per heavy atom. The van der Waals surface area contributed by atoms with Crippen molar-refractivity contribution in [1.29, 1.82) is 0 Å². The van der Waals surface area contributed by atoms with Crippen molar-refractivity contribution in [3.63, 3.8) is 0 Å². The SMILES string of the molecule is Cc1cccc(N2C(=O)[C@@H](N)[C@@H]2c2cccc(Cl)c2)c1. The highest BCUT2D eigenvalue weighted by molar-refractivity contribution is 6.30. The Morgan fingerprint density at radius 1 is 1.15 bits per heavy atom. The van der Waals surface area contributed by atoms with Crippen LogP contribution in [0.2, 0.25) is 5.02 Å². The lowest BCUT2D eigenvalue weighted by atomic mass is 9.88. The van der Waals surface area contributed by atoms with Gasteiger partial charge in [0, 0.05) is 10.7 Å². The third-order valence-corrected chi connectivity index (χ3v) is 3.85. The van der Waals surface area contributed by atoms with Crippen LogP contribution in [0.5, 0.6) is 0 Å². The fourth-order valence-corrected chi connectivity index (χ4v) is 2.82. The van der Waals surface area contributed by atoms with Crippen LogP contribution in [0, 0.1) is 6.92 Å². The van der Waals surface area contributed by atoms with E-state index >= 15 is 0 Å². The molecule has 2 aromatic carbocycles. The maximum atomic E-state index is 12.1. The number of benzene rings is 2.